The Hall–Kier alpha value is -1.68. The van der Waals surface area contributed by atoms with Gasteiger partial charge in [0.1, 0.15) is 17.5 Å². The molecule has 1 N–H and O–H groups in total. The van der Waals surface area contributed by atoms with Gasteiger partial charge in [-0.15, -0.1) is 0 Å². The molecule has 0 aliphatic carbocycles. The average Bonchev–Trinajstić information content (AvgIpc) is 2.35. The standard InChI is InChI=1S/C15H13ClF3N/c1-8-5-14(19)15(7-13(8)18)20-9(2)11-4-3-10(17)6-12(11)16/h3-7,9,20H,1-2H3. The van der Waals surface area contributed by atoms with Crippen LogP contribution >= 0.6 is 11.6 Å². The van der Waals surface area contributed by atoms with E-state index in [0.29, 0.717) is 5.56 Å². The summed E-state index contributed by atoms with van der Waals surface area (Å²) >= 11 is 5.94. The van der Waals surface area contributed by atoms with Crippen molar-refractivity contribution in [2.75, 3.05) is 5.32 Å². The van der Waals surface area contributed by atoms with Crippen molar-refractivity contribution in [3.63, 3.8) is 0 Å². The van der Waals surface area contributed by atoms with Gasteiger partial charge in [0.15, 0.2) is 0 Å². The molecule has 1 nitrogen and oxygen atoms in total. The van der Waals surface area contributed by atoms with E-state index in [1.165, 1.54) is 25.1 Å². The molecule has 0 aliphatic rings. The Kier molecular flexibility index (Phi) is 4.23. The minimum absolute atomic E-state index is 0.0426. The molecule has 0 aliphatic heterocycles. The van der Waals surface area contributed by atoms with Gasteiger partial charge in [-0.25, -0.2) is 13.2 Å². The second-order valence-corrected chi connectivity index (χ2v) is 5.02. The molecule has 2 rings (SSSR count). The zero-order valence-electron chi connectivity index (χ0n) is 11.0. The number of aryl methyl sites for hydroxylation is 1. The molecule has 0 radical (unpaired) electrons. The lowest BCUT2D eigenvalue weighted by atomic mass is 10.1. The van der Waals surface area contributed by atoms with E-state index in [0.717, 1.165) is 12.1 Å². The maximum Gasteiger partial charge on any atom is 0.146 e. The second kappa shape index (κ2) is 5.75. The first kappa shape index (κ1) is 14.7. The zero-order valence-corrected chi connectivity index (χ0v) is 11.7. The van der Waals surface area contributed by atoms with E-state index in [2.05, 4.69) is 5.32 Å². The molecule has 0 saturated heterocycles. The third-order valence-electron chi connectivity index (χ3n) is 3.05. The molecule has 0 fully saturated rings. The predicted molar refractivity (Wildman–Crippen MR) is 74.5 cm³/mol. The number of halogens is 4. The van der Waals surface area contributed by atoms with E-state index >= 15 is 0 Å². The summed E-state index contributed by atoms with van der Waals surface area (Å²) in [6.07, 6.45) is 0. The lowest BCUT2D eigenvalue weighted by molar-refractivity contribution is 0.593. The molecule has 5 heteroatoms. The number of hydrogen-bond donors (Lipinski definition) is 1. The van der Waals surface area contributed by atoms with Crippen molar-refractivity contribution in [3.05, 3.63) is 63.9 Å². The lowest BCUT2D eigenvalue weighted by Gasteiger charge is -2.18. The molecular formula is C15H13ClF3N. The number of nitrogens with one attached hydrogen (secondary N) is 1. The van der Waals surface area contributed by atoms with Crippen molar-refractivity contribution in [1.29, 1.82) is 0 Å². The summed E-state index contributed by atoms with van der Waals surface area (Å²) in [6, 6.07) is 5.79. The first-order valence-corrected chi connectivity index (χ1v) is 6.43. The van der Waals surface area contributed by atoms with Crippen molar-refractivity contribution >= 4 is 17.3 Å². The topological polar surface area (TPSA) is 12.0 Å². The molecule has 0 aromatic heterocycles. The maximum atomic E-state index is 13.7. The van der Waals surface area contributed by atoms with Crippen LogP contribution in [-0.2, 0) is 0 Å². The molecule has 20 heavy (non-hydrogen) atoms. The number of hydrogen-bond acceptors (Lipinski definition) is 1. The highest BCUT2D eigenvalue weighted by Crippen LogP contribution is 2.28. The largest absolute Gasteiger partial charge is 0.376 e. The third kappa shape index (κ3) is 3.07. The van der Waals surface area contributed by atoms with Crippen LogP contribution in [0.2, 0.25) is 5.02 Å². The lowest BCUT2D eigenvalue weighted by Crippen LogP contribution is -2.09. The molecule has 1 atom stereocenters. The van der Waals surface area contributed by atoms with Gasteiger partial charge in [-0.2, -0.15) is 0 Å². The quantitative estimate of drug-likeness (QED) is 0.817. The Morgan fingerprint density at radius 2 is 1.75 bits per heavy atom. The fourth-order valence-corrected chi connectivity index (χ4v) is 2.25. The van der Waals surface area contributed by atoms with Crippen LogP contribution in [0.4, 0.5) is 18.9 Å². The SMILES string of the molecule is Cc1cc(F)c(NC(C)c2ccc(F)cc2Cl)cc1F. The molecule has 1 unspecified atom stereocenters. The molecule has 2 aromatic carbocycles. The molecule has 106 valence electrons. The van der Waals surface area contributed by atoms with Gasteiger partial charge < -0.3 is 5.32 Å². The molecule has 0 bridgehead atoms. The van der Waals surface area contributed by atoms with Gasteiger partial charge in [0, 0.05) is 11.1 Å². The number of rotatable bonds is 3. The van der Waals surface area contributed by atoms with Gasteiger partial charge >= 0.3 is 0 Å². The predicted octanol–water partition coefficient (Wildman–Crippen LogP) is 5.24. The van der Waals surface area contributed by atoms with Gasteiger partial charge in [-0.05, 0) is 43.2 Å². The fourth-order valence-electron chi connectivity index (χ4n) is 1.92. The summed E-state index contributed by atoms with van der Waals surface area (Å²) in [5.74, 6) is -1.49. The summed E-state index contributed by atoms with van der Waals surface area (Å²) < 4.78 is 40.2. The van der Waals surface area contributed by atoms with E-state index in [4.69, 9.17) is 11.6 Å². The number of benzene rings is 2. The second-order valence-electron chi connectivity index (χ2n) is 4.61. The van der Waals surface area contributed by atoms with Crippen molar-refractivity contribution in [1.82, 2.24) is 0 Å². The van der Waals surface area contributed by atoms with Crippen LogP contribution in [-0.4, -0.2) is 0 Å². The Labute approximate surface area is 120 Å². The highest BCUT2D eigenvalue weighted by Gasteiger charge is 2.14. The van der Waals surface area contributed by atoms with Crippen molar-refractivity contribution in [2.24, 2.45) is 0 Å². The van der Waals surface area contributed by atoms with Crippen LogP contribution in [0.25, 0.3) is 0 Å². The monoisotopic (exact) mass is 299 g/mol. The molecule has 2 aromatic rings. The summed E-state index contributed by atoms with van der Waals surface area (Å²) in [4.78, 5) is 0. The molecular weight excluding hydrogens is 287 g/mol. The van der Waals surface area contributed by atoms with E-state index in [1.54, 1.807) is 6.92 Å². The summed E-state index contributed by atoms with van der Waals surface area (Å²) in [5.41, 5.74) is 0.884. The van der Waals surface area contributed by atoms with Crippen LogP contribution in [0.3, 0.4) is 0 Å². The van der Waals surface area contributed by atoms with Crippen LogP contribution < -0.4 is 5.32 Å². The Balaban J connectivity index is 2.27. The normalized spacial score (nSPS) is 12.3. The van der Waals surface area contributed by atoms with Crippen molar-refractivity contribution in [3.8, 4) is 0 Å². The van der Waals surface area contributed by atoms with Gasteiger partial charge in [0.2, 0.25) is 0 Å². The van der Waals surface area contributed by atoms with Crippen LogP contribution in [0.1, 0.15) is 24.1 Å². The average molecular weight is 300 g/mol. The molecule has 0 spiro atoms. The highest BCUT2D eigenvalue weighted by molar-refractivity contribution is 6.31. The molecule has 0 heterocycles. The maximum absolute atomic E-state index is 13.7. The minimum Gasteiger partial charge on any atom is -0.376 e. The van der Waals surface area contributed by atoms with Gasteiger partial charge in [-0.1, -0.05) is 17.7 Å². The highest BCUT2D eigenvalue weighted by atomic mass is 35.5. The van der Waals surface area contributed by atoms with Crippen LogP contribution in [0, 0.1) is 24.4 Å². The van der Waals surface area contributed by atoms with Gasteiger partial charge in [0.05, 0.1) is 11.7 Å². The van der Waals surface area contributed by atoms with Crippen molar-refractivity contribution in [2.45, 2.75) is 19.9 Å². The Morgan fingerprint density at radius 1 is 1.05 bits per heavy atom. The Morgan fingerprint density at radius 3 is 2.40 bits per heavy atom. The molecule has 0 amide bonds. The van der Waals surface area contributed by atoms with E-state index in [1.807, 2.05) is 0 Å². The smallest absolute Gasteiger partial charge is 0.146 e. The summed E-state index contributed by atoms with van der Waals surface area (Å²) in [5, 5.41) is 3.07. The summed E-state index contributed by atoms with van der Waals surface area (Å²) in [7, 11) is 0. The zero-order chi connectivity index (χ0) is 14.9. The van der Waals surface area contributed by atoms with Crippen LogP contribution in [0.5, 0.6) is 0 Å². The van der Waals surface area contributed by atoms with Crippen molar-refractivity contribution < 1.29 is 13.2 Å². The summed E-state index contributed by atoms with van der Waals surface area (Å²) in [6.45, 7) is 3.22. The van der Waals surface area contributed by atoms with Crippen LogP contribution in [0.15, 0.2) is 30.3 Å². The van der Waals surface area contributed by atoms with E-state index in [-0.39, 0.29) is 22.3 Å². The molecule has 0 saturated carbocycles. The van der Waals surface area contributed by atoms with Gasteiger partial charge in [0.25, 0.3) is 0 Å². The minimum atomic E-state index is -0.547. The Bertz CT molecular complexity index is 643. The van der Waals surface area contributed by atoms with E-state index < -0.39 is 17.5 Å². The third-order valence-corrected chi connectivity index (χ3v) is 3.38. The van der Waals surface area contributed by atoms with E-state index in [9.17, 15) is 13.2 Å². The fraction of sp³-hybridized carbons (Fsp3) is 0.200. The van der Waals surface area contributed by atoms with Gasteiger partial charge in [-0.3, -0.25) is 0 Å². The first-order chi connectivity index (χ1) is 9.38. The first-order valence-electron chi connectivity index (χ1n) is 6.05. The number of anilines is 1.